The molecule has 2 aromatic heterocycles. The van der Waals surface area contributed by atoms with E-state index in [1.807, 2.05) is 18.2 Å². The first-order valence-electron chi connectivity index (χ1n) is 6.76. The van der Waals surface area contributed by atoms with Crippen molar-refractivity contribution < 1.29 is 0 Å². The molecule has 108 valence electrons. The Kier molecular flexibility index (Phi) is 3.14. The zero-order chi connectivity index (χ0) is 15.2. The van der Waals surface area contributed by atoms with Crippen LogP contribution in [0.5, 0.6) is 0 Å². The van der Waals surface area contributed by atoms with Crippen molar-refractivity contribution in [3.05, 3.63) is 41.7 Å². The molecule has 0 bridgehead atoms. The number of nitrogens with zero attached hydrogens (tertiary/aromatic N) is 3. The number of nitrogens with two attached hydrogens (primary N) is 1. The van der Waals surface area contributed by atoms with Gasteiger partial charge >= 0.3 is 0 Å². The van der Waals surface area contributed by atoms with Crippen molar-refractivity contribution in [3.63, 3.8) is 0 Å². The van der Waals surface area contributed by atoms with Crippen LogP contribution in [0.1, 0.15) is 20.8 Å². The van der Waals surface area contributed by atoms with Crippen molar-refractivity contribution in [1.29, 1.82) is 0 Å². The van der Waals surface area contributed by atoms with Crippen molar-refractivity contribution in [2.45, 2.75) is 26.3 Å². The number of imidazole rings is 1. The highest BCUT2D eigenvalue weighted by molar-refractivity contribution is 6.31. The first-order chi connectivity index (χ1) is 9.88. The molecule has 0 aliphatic heterocycles. The number of fused-ring (bicyclic) bond motifs is 1. The maximum Gasteiger partial charge on any atom is 0.143 e. The fourth-order valence-corrected chi connectivity index (χ4v) is 2.71. The van der Waals surface area contributed by atoms with E-state index in [0.29, 0.717) is 10.7 Å². The van der Waals surface area contributed by atoms with E-state index >= 15 is 0 Å². The molecule has 3 rings (SSSR count). The van der Waals surface area contributed by atoms with E-state index in [0.717, 1.165) is 22.4 Å². The molecule has 0 saturated carbocycles. The van der Waals surface area contributed by atoms with Gasteiger partial charge in [-0.3, -0.25) is 4.98 Å². The molecule has 2 heterocycles. The van der Waals surface area contributed by atoms with Crippen LogP contribution >= 0.6 is 11.6 Å². The van der Waals surface area contributed by atoms with Crippen LogP contribution in [-0.4, -0.2) is 14.5 Å². The van der Waals surface area contributed by atoms with Crippen molar-refractivity contribution in [2.24, 2.45) is 0 Å². The molecule has 0 aliphatic carbocycles. The predicted octanol–water partition coefficient (Wildman–Crippen LogP) is 4.09. The molecule has 0 aliphatic rings. The Morgan fingerprint density at radius 3 is 2.62 bits per heavy atom. The number of benzene rings is 1. The van der Waals surface area contributed by atoms with E-state index in [1.165, 1.54) is 0 Å². The lowest BCUT2D eigenvalue weighted by Crippen LogP contribution is -2.22. The van der Waals surface area contributed by atoms with E-state index < -0.39 is 0 Å². The molecule has 0 spiro atoms. The van der Waals surface area contributed by atoms with Gasteiger partial charge in [-0.25, -0.2) is 4.98 Å². The minimum absolute atomic E-state index is 0.127. The van der Waals surface area contributed by atoms with Gasteiger partial charge in [-0.1, -0.05) is 11.6 Å². The fraction of sp³-hybridized carbons (Fsp3) is 0.250. The molecular weight excluding hydrogens is 284 g/mol. The molecular formula is C16H17ClN4. The number of rotatable bonds is 1. The van der Waals surface area contributed by atoms with Crippen LogP contribution in [-0.2, 0) is 5.54 Å². The Labute approximate surface area is 128 Å². The van der Waals surface area contributed by atoms with Gasteiger partial charge in [0.15, 0.2) is 0 Å². The van der Waals surface area contributed by atoms with E-state index in [9.17, 15) is 0 Å². The summed E-state index contributed by atoms with van der Waals surface area (Å²) in [6.45, 7) is 6.43. The Morgan fingerprint density at radius 1 is 1.19 bits per heavy atom. The number of hydrogen-bond acceptors (Lipinski definition) is 3. The van der Waals surface area contributed by atoms with Gasteiger partial charge in [0, 0.05) is 28.0 Å². The molecule has 0 unspecified atom stereocenters. The number of aromatic nitrogens is 3. The second-order valence-electron chi connectivity index (χ2n) is 6.04. The average molecular weight is 301 g/mol. The summed E-state index contributed by atoms with van der Waals surface area (Å²) < 4.78 is 2.18. The third-order valence-electron chi connectivity index (χ3n) is 3.38. The maximum atomic E-state index is 6.13. The Hall–Kier alpha value is -2.07. The zero-order valence-electron chi connectivity index (χ0n) is 12.3. The number of pyridine rings is 1. The summed E-state index contributed by atoms with van der Waals surface area (Å²) in [6, 6.07) is 7.47. The van der Waals surface area contributed by atoms with Crippen LogP contribution in [0.2, 0.25) is 5.02 Å². The highest BCUT2D eigenvalue weighted by Gasteiger charge is 2.23. The predicted molar refractivity (Wildman–Crippen MR) is 87.4 cm³/mol. The average Bonchev–Trinajstić information content (AvgIpc) is 2.77. The summed E-state index contributed by atoms with van der Waals surface area (Å²) in [6.07, 6.45) is 3.55. The quantitative estimate of drug-likeness (QED) is 0.689. The fourth-order valence-electron chi connectivity index (χ4n) is 2.53. The van der Waals surface area contributed by atoms with Crippen LogP contribution in [0.3, 0.4) is 0 Å². The molecule has 0 saturated heterocycles. The Balaban J connectivity index is 2.37. The van der Waals surface area contributed by atoms with Gasteiger partial charge in [0.2, 0.25) is 0 Å². The molecule has 1 aromatic carbocycles. The molecule has 4 nitrogen and oxygen atoms in total. The number of hydrogen-bond donors (Lipinski definition) is 1. The van der Waals surface area contributed by atoms with Gasteiger partial charge in [0.25, 0.3) is 0 Å². The van der Waals surface area contributed by atoms with E-state index in [-0.39, 0.29) is 5.54 Å². The Bertz CT molecular complexity index is 815. The van der Waals surface area contributed by atoms with Crippen LogP contribution in [0, 0.1) is 0 Å². The lowest BCUT2D eigenvalue weighted by molar-refractivity contribution is 0.413. The van der Waals surface area contributed by atoms with Crippen molar-refractivity contribution in [2.75, 3.05) is 5.73 Å². The van der Waals surface area contributed by atoms with Gasteiger partial charge in [-0.05, 0) is 45.0 Å². The van der Waals surface area contributed by atoms with Gasteiger partial charge < -0.3 is 10.3 Å². The van der Waals surface area contributed by atoms with E-state index in [4.69, 9.17) is 22.3 Å². The van der Waals surface area contributed by atoms with Gasteiger partial charge in [0.05, 0.1) is 11.7 Å². The van der Waals surface area contributed by atoms with E-state index in [2.05, 4.69) is 30.3 Å². The molecule has 0 radical (unpaired) electrons. The summed E-state index contributed by atoms with van der Waals surface area (Å²) in [5.41, 5.74) is 9.41. The van der Waals surface area contributed by atoms with Gasteiger partial charge in [-0.2, -0.15) is 0 Å². The number of halogens is 1. The first kappa shape index (κ1) is 13.9. The molecule has 5 heteroatoms. The summed E-state index contributed by atoms with van der Waals surface area (Å²) in [7, 11) is 0. The smallest absolute Gasteiger partial charge is 0.143 e. The number of nitrogen functional groups attached to an aromatic ring is 1. The normalized spacial score (nSPS) is 12.0. The van der Waals surface area contributed by atoms with Crippen LogP contribution < -0.4 is 5.73 Å². The zero-order valence-corrected chi connectivity index (χ0v) is 13.0. The lowest BCUT2D eigenvalue weighted by Gasteiger charge is -2.25. The second kappa shape index (κ2) is 4.74. The van der Waals surface area contributed by atoms with Crippen LogP contribution in [0.25, 0.3) is 22.4 Å². The van der Waals surface area contributed by atoms with Crippen LogP contribution in [0.15, 0.2) is 36.7 Å². The van der Waals surface area contributed by atoms with Crippen molar-refractivity contribution in [3.8, 4) is 11.4 Å². The topological polar surface area (TPSA) is 56.7 Å². The molecule has 0 fully saturated rings. The van der Waals surface area contributed by atoms with Crippen molar-refractivity contribution >= 4 is 28.3 Å². The summed E-state index contributed by atoms with van der Waals surface area (Å²) in [5, 5.41) is 0.622. The van der Waals surface area contributed by atoms with Gasteiger partial charge in [-0.15, -0.1) is 0 Å². The largest absolute Gasteiger partial charge is 0.398 e. The summed E-state index contributed by atoms with van der Waals surface area (Å²) >= 11 is 6.00. The molecule has 21 heavy (non-hydrogen) atoms. The van der Waals surface area contributed by atoms with Crippen molar-refractivity contribution in [1.82, 2.24) is 14.5 Å². The summed E-state index contributed by atoms with van der Waals surface area (Å²) in [4.78, 5) is 8.87. The first-order valence-corrected chi connectivity index (χ1v) is 7.14. The third-order valence-corrected chi connectivity index (χ3v) is 3.62. The standard InChI is InChI=1S/C16H17ClN4/c1-16(2,3)21-14-6-7-19-9-13(14)20-15(21)11-5-4-10(17)8-12(11)18/h4-9H,18H2,1-3H3. The molecule has 2 N–H and O–H groups in total. The highest BCUT2D eigenvalue weighted by Crippen LogP contribution is 2.34. The lowest BCUT2D eigenvalue weighted by atomic mass is 10.1. The third kappa shape index (κ3) is 2.36. The van der Waals surface area contributed by atoms with Gasteiger partial charge in [0.1, 0.15) is 11.3 Å². The highest BCUT2D eigenvalue weighted by atomic mass is 35.5. The Morgan fingerprint density at radius 2 is 1.95 bits per heavy atom. The SMILES string of the molecule is CC(C)(C)n1c(-c2ccc(Cl)cc2N)nc2cnccc21. The minimum Gasteiger partial charge on any atom is -0.398 e. The second-order valence-corrected chi connectivity index (χ2v) is 6.47. The molecule has 0 amide bonds. The monoisotopic (exact) mass is 300 g/mol. The number of anilines is 1. The van der Waals surface area contributed by atoms with E-state index in [1.54, 1.807) is 18.5 Å². The summed E-state index contributed by atoms with van der Waals surface area (Å²) in [5.74, 6) is 0.833. The minimum atomic E-state index is -0.127. The molecule has 3 aromatic rings. The molecule has 0 atom stereocenters. The van der Waals surface area contributed by atoms with Crippen LogP contribution in [0.4, 0.5) is 5.69 Å². The maximum absolute atomic E-state index is 6.13.